The zero-order valence-electron chi connectivity index (χ0n) is 8.42. The number of piperidine rings is 1. The summed E-state index contributed by atoms with van der Waals surface area (Å²) in [5, 5.41) is 0. The summed E-state index contributed by atoms with van der Waals surface area (Å²) < 4.78 is 0. The van der Waals surface area contributed by atoms with Gasteiger partial charge in [0.05, 0.1) is 0 Å². The van der Waals surface area contributed by atoms with E-state index in [1.807, 2.05) is 0 Å². The molecule has 1 heterocycles. The minimum atomic E-state index is 0.772. The van der Waals surface area contributed by atoms with E-state index in [2.05, 4.69) is 18.7 Å². The molecule has 1 aliphatic heterocycles. The molecule has 1 saturated heterocycles. The highest BCUT2D eigenvalue weighted by Crippen LogP contribution is 2.34. The third kappa shape index (κ3) is 1.66. The van der Waals surface area contributed by atoms with Gasteiger partial charge < -0.3 is 4.90 Å². The van der Waals surface area contributed by atoms with E-state index >= 15 is 0 Å². The van der Waals surface area contributed by atoms with Crippen molar-refractivity contribution in [3.05, 3.63) is 0 Å². The third-order valence-corrected chi connectivity index (χ3v) is 3.61. The second-order valence-electron chi connectivity index (χ2n) is 4.95. The molecule has 2 unspecified atom stereocenters. The summed E-state index contributed by atoms with van der Waals surface area (Å²) in [4.78, 5) is 2.68. The minimum absolute atomic E-state index is 0.772. The number of likely N-dealkylation sites (tertiary alicyclic amines) is 1. The lowest BCUT2D eigenvalue weighted by Gasteiger charge is -2.43. The van der Waals surface area contributed by atoms with Crippen molar-refractivity contribution in [1.29, 1.82) is 0 Å². The maximum absolute atomic E-state index is 2.68. The van der Waals surface area contributed by atoms with Gasteiger partial charge in [0.15, 0.2) is 0 Å². The summed E-state index contributed by atoms with van der Waals surface area (Å²) in [6.07, 6.45) is 6.03. The summed E-state index contributed by atoms with van der Waals surface area (Å²) in [7, 11) is 0. The molecular weight excluding hydrogens is 146 g/mol. The van der Waals surface area contributed by atoms with Crippen LogP contribution in [-0.2, 0) is 0 Å². The van der Waals surface area contributed by atoms with Crippen LogP contribution in [0.5, 0.6) is 0 Å². The van der Waals surface area contributed by atoms with Crippen molar-refractivity contribution in [1.82, 2.24) is 4.90 Å². The molecule has 0 aromatic rings. The van der Waals surface area contributed by atoms with Crippen molar-refractivity contribution in [3.8, 4) is 0 Å². The molecule has 2 bridgehead atoms. The van der Waals surface area contributed by atoms with Crippen LogP contribution in [0.2, 0.25) is 0 Å². The van der Waals surface area contributed by atoms with E-state index in [-0.39, 0.29) is 0 Å². The average Bonchev–Trinajstić information content (AvgIpc) is 2.03. The average molecular weight is 167 g/mol. The number of fused-ring (bicyclic) bond motifs is 2. The fourth-order valence-electron chi connectivity index (χ4n) is 2.89. The van der Waals surface area contributed by atoms with Gasteiger partial charge in [0, 0.05) is 19.1 Å². The summed E-state index contributed by atoms with van der Waals surface area (Å²) in [6, 6.07) is 0.772. The molecule has 2 atom stereocenters. The van der Waals surface area contributed by atoms with Gasteiger partial charge in [0.2, 0.25) is 0 Å². The van der Waals surface area contributed by atoms with Crippen molar-refractivity contribution < 1.29 is 0 Å². The Morgan fingerprint density at radius 2 is 1.67 bits per heavy atom. The first-order valence-electron chi connectivity index (χ1n) is 5.49. The molecule has 1 heteroatoms. The van der Waals surface area contributed by atoms with Gasteiger partial charge in [-0.25, -0.2) is 0 Å². The Morgan fingerprint density at radius 1 is 1.08 bits per heavy atom. The van der Waals surface area contributed by atoms with Gasteiger partial charge in [0.25, 0.3) is 0 Å². The Balaban J connectivity index is 1.96. The number of rotatable bonds is 1. The molecule has 0 aromatic carbocycles. The van der Waals surface area contributed by atoms with Crippen LogP contribution in [-0.4, -0.2) is 24.0 Å². The van der Waals surface area contributed by atoms with Crippen molar-refractivity contribution in [3.63, 3.8) is 0 Å². The van der Waals surface area contributed by atoms with E-state index in [4.69, 9.17) is 0 Å². The topological polar surface area (TPSA) is 3.24 Å². The van der Waals surface area contributed by atoms with Crippen LogP contribution in [0, 0.1) is 11.8 Å². The van der Waals surface area contributed by atoms with Gasteiger partial charge in [-0.3, -0.25) is 0 Å². The first-order valence-corrected chi connectivity index (χ1v) is 5.49. The molecule has 0 N–H and O–H groups in total. The molecular formula is C11H21N. The van der Waals surface area contributed by atoms with Crippen LogP contribution < -0.4 is 0 Å². The van der Waals surface area contributed by atoms with Gasteiger partial charge in [-0.15, -0.1) is 0 Å². The van der Waals surface area contributed by atoms with Crippen LogP contribution in [0.1, 0.15) is 39.5 Å². The lowest BCUT2D eigenvalue weighted by molar-refractivity contribution is 0.0641. The van der Waals surface area contributed by atoms with Gasteiger partial charge in [-0.2, -0.15) is 0 Å². The maximum Gasteiger partial charge on any atom is 0.00388 e. The molecule has 1 nitrogen and oxygen atoms in total. The van der Waals surface area contributed by atoms with Crippen LogP contribution in [0.3, 0.4) is 0 Å². The van der Waals surface area contributed by atoms with E-state index in [1.54, 1.807) is 0 Å². The normalized spacial score (nSPS) is 37.2. The van der Waals surface area contributed by atoms with E-state index in [9.17, 15) is 0 Å². The Bertz CT molecular complexity index is 141. The summed E-state index contributed by atoms with van der Waals surface area (Å²) in [5.74, 6) is 2.08. The van der Waals surface area contributed by atoms with Crippen LogP contribution in [0.25, 0.3) is 0 Å². The number of nitrogens with zero attached hydrogens (tertiary/aromatic N) is 1. The van der Waals surface area contributed by atoms with Crippen LogP contribution >= 0.6 is 0 Å². The molecule has 0 amide bonds. The Hall–Kier alpha value is -0.0400. The van der Waals surface area contributed by atoms with Gasteiger partial charge >= 0.3 is 0 Å². The first kappa shape index (κ1) is 8.55. The molecule has 0 aromatic heterocycles. The molecule has 12 heavy (non-hydrogen) atoms. The number of hydrogen-bond acceptors (Lipinski definition) is 1. The van der Waals surface area contributed by atoms with E-state index in [1.165, 1.54) is 38.8 Å². The SMILES string of the molecule is CC(C)N1CC2CCCC(C2)C1. The zero-order valence-corrected chi connectivity index (χ0v) is 8.42. The van der Waals surface area contributed by atoms with E-state index in [0.717, 1.165) is 17.9 Å². The molecule has 0 radical (unpaired) electrons. The largest absolute Gasteiger partial charge is 0.300 e. The first-order chi connectivity index (χ1) is 5.75. The van der Waals surface area contributed by atoms with Gasteiger partial charge in [-0.1, -0.05) is 6.42 Å². The van der Waals surface area contributed by atoms with Crippen LogP contribution in [0.4, 0.5) is 0 Å². The molecule has 2 fully saturated rings. The Kier molecular flexibility index (Phi) is 2.40. The predicted molar refractivity (Wildman–Crippen MR) is 52.2 cm³/mol. The fraction of sp³-hybridized carbons (Fsp3) is 1.00. The Morgan fingerprint density at radius 3 is 2.17 bits per heavy atom. The van der Waals surface area contributed by atoms with Gasteiger partial charge in [-0.05, 0) is 44.9 Å². The third-order valence-electron chi connectivity index (χ3n) is 3.61. The second kappa shape index (κ2) is 3.37. The monoisotopic (exact) mass is 167 g/mol. The minimum Gasteiger partial charge on any atom is -0.300 e. The van der Waals surface area contributed by atoms with E-state index < -0.39 is 0 Å². The molecule has 2 rings (SSSR count). The molecule has 1 saturated carbocycles. The lowest BCUT2D eigenvalue weighted by atomic mass is 9.77. The van der Waals surface area contributed by atoms with E-state index in [0.29, 0.717) is 0 Å². The molecule has 70 valence electrons. The Labute approximate surface area is 76.1 Å². The smallest absolute Gasteiger partial charge is 0.00388 e. The maximum atomic E-state index is 2.68. The quantitative estimate of drug-likeness (QED) is 0.580. The van der Waals surface area contributed by atoms with Crippen molar-refractivity contribution in [2.24, 2.45) is 11.8 Å². The summed E-state index contributed by atoms with van der Waals surface area (Å²) in [6.45, 7) is 7.43. The zero-order chi connectivity index (χ0) is 8.55. The summed E-state index contributed by atoms with van der Waals surface area (Å²) in [5.41, 5.74) is 0. The second-order valence-corrected chi connectivity index (χ2v) is 4.95. The van der Waals surface area contributed by atoms with Crippen molar-refractivity contribution >= 4 is 0 Å². The highest BCUT2D eigenvalue weighted by atomic mass is 15.2. The standard InChI is InChI=1S/C11H21N/c1-9(2)12-7-10-4-3-5-11(6-10)8-12/h9-11H,3-8H2,1-2H3. The fourth-order valence-corrected chi connectivity index (χ4v) is 2.89. The van der Waals surface area contributed by atoms with Gasteiger partial charge in [0.1, 0.15) is 0 Å². The molecule has 0 spiro atoms. The highest BCUT2D eigenvalue weighted by molar-refractivity contribution is 4.84. The highest BCUT2D eigenvalue weighted by Gasteiger charge is 2.30. The number of hydrogen-bond donors (Lipinski definition) is 0. The van der Waals surface area contributed by atoms with Crippen molar-refractivity contribution in [2.45, 2.75) is 45.6 Å². The molecule has 2 aliphatic rings. The molecule has 1 aliphatic carbocycles. The lowest BCUT2D eigenvalue weighted by Crippen LogP contribution is -2.45. The predicted octanol–water partition coefficient (Wildman–Crippen LogP) is 2.52. The summed E-state index contributed by atoms with van der Waals surface area (Å²) >= 11 is 0. The van der Waals surface area contributed by atoms with Crippen LogP contribution in [0.15, 0.2) is 0 Å². The van der Waals surface area contributed by atoms with Crippen molar-refractivity contribution in [2.75, 3.05) is 13.1 Å².